The van der Waals surface area contributed by atoms with E-state index in [1.54, 1.807) is 7.11 Å². The molecule has 2 rings (SSSR count). The predicted octanol–water partition coefficient (Wildman–Crippen LogP) is 1.19. The zero-order chi connectivity index (χ0) is 12.3. The van der Waals surface area contributed by atoms with Crippen molar-refractivity contribution in [2.45, 2.75) is 43.9 Å². The molecule has 0 aromatic carbocycles. The first-order valence-electron chi connectivity index (χ1n) is 6.62. The average Bonchev–Trinajstić information content (AvgIpc) is 2.78. The van der Waals surface area contributed by atoms with Gasteiger partial charge in [0.1, 0.15) is 0 Å². The van der Waals surface area contributed by atoms with Gasteiger partial charge in [-0.3, -0.25) is 0 Å². The summed E-state index contributed by atoms with van der Waals surface area (Å²) in [6.45, 7) is 4.59. The lowest BCUT2D eigenvalue weighted by Gasteiger charge is -2.41. The molecule has 4 heteroatoms. The van der Waals surface area contributed by atoms with E-state index in [1.165, 1.54) is 0 Å². The molecule has 0 bridgehead atoms. The molecule has 0 amide bonds. The van der Waals surface area contributed by atoms with Crippen molar-refractivity contribution in [1.29, 1.82) is 0 Å². The molecule has 2 aliphatic heterocycles. The predicted molar refractivity (Wildman–Crippen MR) is 66.2 cm³/mol. The minimum Gasteiger partial charge on any atom is -0.380 e. The highest BCUT2D eigenvalue weighted by Crippen LogP contribution is 2.37. The first-order chi connectivity index (χ1) is 8.21. The van der Waals surface area contributed by atoms with E-state index < -0.39 is 0 Å². The number of rotatable bonds is 4. The van der Waals surface area contributed by atoms with Crippen molar-refractivity contribution in [3.63, 3.8) is 0 Å². The molecule has 2 fully saturated rings. The maximum atomic E-state index is 5.97. The third-order valence-corrected chi connectivity index (χ3v) is 4.32. The largest absolute Gasteiger partial charge is 0.380 e. The summed E-state index contributed by atoms with van der Waals surface area (Å²) >= 11 is 0. The SMILES string of the molecule is CNC(C1CCOC2(CCOC2)C1)C(C)OC. The lowest BCUT2D eigenvalue weighted by molar-refractivity contribution is -0.109. The van der Waals surface area contributed by atoms with Crippen molar-refractivity contribution >= 4 is 0 Å². The van der Waals surface area contributed by atoms with Crippen LogP contribution in [0.4, 0.5) is 0 Å². The number of hydrogen-bond acceptors (Lipinski definition) is 4. The van der Waals surface area contributed by atoms with Crippen LogP contribution < -0.4 is 5.32 Å². The summed E-state index contributed by atoms with van der Waals surface area (Å²) in [4.78, 5) is 0. The second-order valence-electron chi connectivity index (χ2n) is 5.34. The molecule has 4 unspecified atom stereocenters. The first kappa shape index (κ1) is 13.3. The van der Waals surface area contributed by atoms with E-state index >= 15 is 0 Å². The molecule has 100 valence electrons. The highest BCUT2D eigenvalue weighted by molar-refractivity contribution is 4.94. The Labute approximate surface area is 104 Å². The molecule has 2 heterocycles. The third kappa shape index (κ3) is 2.81. The van der Waals surface area contributed by atoms with E-state index in [-0.39, 0.29) is 11.7 Å². The van der Waals surface area contributed by atoms with Crippen molar-refractivity contribution < 1.29 is 14.2 Å². The summed E-state index contributed by atoms with van der Waals surface area (Å²) in [5.74, 6) is 0.616. The van der Waals surface area contributed by atoms with Crippen LogP contribution in [0.5, 0.6) is 0 Å². The number of ether oxygens (including phenoxy) is 3. The van der Waals surface area contributed by atoms with Crippen LogP contribution in [0.2, 0.25) is 0 Å². The van der Waals surface area contributed by atoms with Crippen LogP contribution in [0, 0.1) is 5.92 Å². The van der Waals surface area contributed by atoms with Gasteiger partial charge in [-0.1, -0.05) is 0 Å². The minimum atomic E-state index is -0.00845. The van der Waals surface area contributed by atoms with Gasteiger partial charge >= 0.3 is 0 Å². The van der Waals surface area contributed by atoms with Crippen LogP contribution in [0.15, 0.2) is 0 Å². The van der Waals surface area contributed by atoms with Crippen molar-refractivity contribution in [3.05, 3.63) is 0 Å². The number of methoxy groups -OCH3 is 1. The Hall–Kier alpha value is -0.160. The number of nitrogens with one attached hydrogen (secondary N) is 1. The maximum absolute atomic E-state index is 5.97. The molecule has 0 aliphatic carbocycles. The first-order valence-corrected chi connectivity index (χ1v) is 6.62. The van der Waals surface area contributed by atoms with Gasteiger partial charge in [0.25, 0.3) is 0 Å². The van der Waals surface area contributed by atoms with Gasteiger partial charge in [0, 0.05) is 32.8 Å². The van der Waals surface area contributed by atoms with Gasteiger partial charge in [-0.2, -0.15) is 0 Å². The smallest absolute Gasteiger partial charge is 0.0939 e. The topological polar surface area (TPSA) is 39.7 Å². The van der Waals surface area contributed by atoms with E-state index in [1.807, 2.05) is 7.05 Å². The number of hydrogen-bond donors (Lipinski definition) is 1. The van der Waals surface area contributed by atoms with Crippen LogP contribution in [-0.4, -0.2) is 51.7 Å². The second-order valence-corrected chi connectivity index (χ2v) is 5.34. The fourth-order valence-corrected chi connectivity index (χ4v) is 3.24. The summed E-state index contributed by atoms with van der Waals surface area (Å²) < 4.78 is 17.0. The van der Waals surface area contributed by atoms with Gasteiger partial charge in [-0.25, -0.2) is 0 Å². The van der Waals surface area contributed by atoms with Gasteiger partial charge < -0.3 is 19.5 Å². The second kappa shape index (κ2) is 5.65. The summed E-state index contributed by atoms with van der Waals surface area (Å²) in [5, 5.41) is 3.41. The van der Waals surface area contributed by atoms with Crippen molar-refractivity contribution in [1.82, 2.24) is 5.32 Å². The molecule has 0 aromatic rings. The van der Waals surface area contributed by atoms with Gasteiger partial charge in [-0.15, -0.1) is 0 Å². The lowest BCUT2D eigenvalue weighted by Crippen LogP contribution is -2.50. The van der Waals surface area contributed by atoms with Gasteiger partial charge in [0.05, 0.1) is 18.3 Å². The molecule has 2 saturated heterocycles. The van der Waals surface area contributed by atoms with Crippen LogP contribution in [0.25, 0.3) is 0 Å². The Morgan fingerprint density at radius 3 is 2.82 bits per heavy atom. The van der Waals surface area contributed by atoms with Crippen molar-refractivity contribution in [2.24, 2.45) is 5.92 Å². The highest BCUT2D eigenvalue weighted by Gasteiger charge is 2.43. The molecule has 4 nitrogen and oxygen atoms in total. The molecule has 1 spiro atoms. The normalized spacial score (nSPS) is 37.2. The molecule has 0 aromatic heterocycles. The number of likely N-dealkylation sites (N-methyl/N-ethyl adjacent to an activating group) is 1. The molecule has 17 heavy (non-hydrogen) atoms. The van der Waals surface area contributed by atoms with Gasteiger partial charge in [-0.05, 0) is 32.7 Å². The van der Waals surface area contributed by atoms with Crippen molar-refractivity contribution in [3.8, 4) is 0 Å². The maximum Gasteiger partial charge on any atom is 0.0939 e. The summed E-state index contributed by atoms with van der Waals surface area (Å²) in [6, 6.07) is 0.404. The van der Waals surface area contributed by atoms with E-state index in [2.05, 4.69) is 12.2 Å². The van der Waals surface area contributed by atoms with Crippen LogP contribution in [0.1, 0.15) is 26.2 Å². The molecular weight excluding hydrogens is 218 g/mol. The van der Waals surface area contributed by atoms with Crippen LogP contribution >= 0.6 is 0 Å². The minimum absolute atomic E-state index is 0.00845. The van der Waals surface area contributed by atoms with E-state index in [0.717, 1.165) is 39.1 Å². The summed E-state index contributed by atoms with van der Waals surface area (Å²) in [6.07, 6.45) is 3.48. The Kier molecular flexibility index (Phi) is 4.42. The van der Waals surface area contributed by atoms with E-state index in [0.29, 0.717) is 12.0 Å². The molecule has 2 aliphatic rings. The van der Waals surface area contributed by atoms with E-state index in [9.17, 15) is 0 Å². The fourth-order valence-electron chi connectivity index (χ4n) is 3.24. The summed E-state index contributed by atoms with van der Waals surface area (Å²) in [5.41, 5.74) is -0.00845. The lowest BCUT2D eigenvalue weighted by atomic mass is 9.79. The highest BCUT2D eigenvalue weighted by atomic mass is 16.6. The van der Waals surface area contributed by atoms with Crippen LogP contribution in [-0.2, 0) is 14.2 Å². The monoisotopic (exact) mass is 243 g/mol. The molecule has 0 radical (unpaired) electrons. The molecular formula is C13H25NO3. The van der Waals surface area contributed by atoms with Crippen LogP contribution in [0.3, 0.4) is 0 Å². The molecule has 1 N–H and O–H groups in total. The van der Waals surface area contributed by atoms with E-state index in [4.69, 9.17) is 14.2 Å². The van der Waals surface area contributed by atoms with Crippen molar-refractivity contribution in [2.75, 3.05) is 34.0 Å². The fraction of sp³-hybridized carbons (Fsp3) is 1.00. The Morgan fingerprint density at radius 2 is 2.24 bits per heavy atom. The summed E-state index contributed by atoms with van der Waals surface area (Å²) in [7, 11) is 3.80. The Bertz CT molecular complexity index is 241. The molecule has 4 atom stereocenters. The quantitative estimate of drug-likeness (QED) is 0.805. The Balaban J connectivity index is 2.00. The Morgan fingerprint density at radius 1 is 1.41 bits per heavy atom. The molecule has 0 saturated carbocycles. The van der Waals surface area contributed by atoms with Gasteiger partial charge in [0.2, 0.25) is 0 Å². The third-order valence-electron chi connectivity index (χ3n) is 4.32. The zero-order valence-electron chi connectivity index (χ0n) is 11.2. The van der Waals surface area contributed by atoms with Gasteiger partial charge in [0.15, 0.2) is 0 Å². The zero-order valence-corrected chi connectivity index (χ0v) is 11.2. The average molecular weight is 243 g/mol. The standard InChI is InChI=1S/C13H25NO3/c1-10(15-3)12(14-2)11-4-6-17-13(8-11)5-7-16-9-13/h10-12,14H,4-9H2,1-3H3.